The first kappa shape index (κ1) is 11.6. The van der Waals surface area contributed by atoms with Crippen LogP contribution in [0.5, 0.6) is 0 Å². The second kappa shape index (κ2) is 6.10. The van der Waals surface area contributed by atoms with Gasteiger partial charge >= 0.3 is 6.01 Å². The van der Waals surface area contributed by atoms with Crippen LogP contribution in [0, 0.1) is 6.92 Å². The minimum Gasteiger partial charge on any atom is -0.383 e. The van der Waals surface area contributed by atoms with E-state index in [2.05, 4.69) is 20.8 Å². The number of aromatic nitrogens is 2. The summed E-state index contributed by atoms with van der Waals surface area (Å²) in [7, 11) is 1.60. The van der Waals surface area contributed by atoms with Crippen molar-refractivity contribution in [2.45, 2.75) is 6.92 Å². The van der Waals surface area contributed by atoms with Crippen LogP contribution >= 0.6 is 0 Å². The van der Waals surface area contributed by atoms with Crippen LogP contribution in [0.4, 0.5) is 6.01 Å². The Hall–Kier alpha value is -1.47. The highest BCUT2D eigenvalue weighted by atomic mass is 16.5. The van der Waals surface area contributed by atoms with Crippen LogP contribution in [-0.4, -0.2) is 42.9 Å². The number of hydrogen-bond acceptors (Lipinski definition) is 6. The van der Waals surface area contributed by atoms with E-state index in [1.807, 2.05) is 0 Å². The topological polar surface area (TPSA) is 89.3 Å². The molecule has 15 heavy (non-hydrogen) atoms. The van der Waals surface area contributed by atoms with Gasteiger partial charge < -0.3 is 14.6 Å². The third-order valence-corrected chi connectivity index (χ3v) is 1.54. The second-order valence-electron chi connectivity index (χ2n) is 2.86. The number of carbonyl (C=O) groups excluding carboxylic acids is 1. The lowest BCUT2D eigenvalue weighted by atomic mass is 10.5. The van der Waals surface area contributed by atoms with Crippen molar-refractivity contribution in [3.8, 4) is 0 Å². The first-order valence-electron chi connectivity index (χ1n) is 4.52. The van der Waals surface area contributed by atoms with Crippen molar-refractivity contribution in [3.05, 3.63) is 5.82 Å². The number of aryl methyl sites for hydroxylation is 1. The van der Waals surface area contributed by atoms with E-state index in [-0.39, 0.29) is 18.5 Å². The summed E-state index contributed by atoms with van der Waals surface area (Å²) in [5.41, 5.74) is 0. The Morgan fingerprint density at radius 3 is 3.00 bits per heavy atom. The Balaban J connectivity index is 2.18. The minimum absolute atomic E-state index is 0.117. The van der Waals surface area contributed by atoms with Gasteiger partial charge in [0.15, 0.2) is 5.82 Å². The highest BCUT2D eigenvalue weighted by Crippen LogP contribution is 2.00. The molecule has 0 radical (unpaired) electrons. The van der Waals surface area contributed by atoms with E-state index in [4.69, 9.17) is 9.26 Å². The fourth-order valence-electron chi connectivity index (χ4n) is 0.887. The molecule has 0 unspecified atom stereocenters. The predicted octanol–water partition coefficient (Wildman–Crippen LogP) is -0.447. The standard InChI is InChI=1S/C8H14N4O3/c1-6-10-8(15-12-6)11-7(13)5-9-3-4-14-2/h9H,3-5H2,1-2H3,(H,10,11,12,13). The molecule has 0 aromatic carbocycles. The van der Waals surface area contributed by atoms with Gasteiger partial charge in [-0.3, -0.25) is 10.1 Å². The monoisotopic (exact) mass is 214 g/mol. The number of hydrogen-bond donors (Lipinski definition) is 2. The molecule has 0 saturated carbocycles. The summed E-state index contributed by atoms with van der Waals surface area (Å²) >= 11 is 0. The van der Waals surface area contributed by atoms with Crippen LogP contribution in [0.3, 0.4) is 0 Å². The van der Waals surface area contributed by atoms with Crippen molar-refractivity contribution in [1.82, 2.24) is 15.5 Å². The SMILES string of the molecule is COCCNCC(=O)Nc1nc(C)no1. The van der Waals surface area contributed by atoms with Crippen molar-refractivity contribution in [2.75, 3.05) is 32.1 Å². The molecule has 1 amide bonds. The lowest BCUT2D eigenvalue weighted by molar-refractivity contribution is -0.115. The Labute approximate surface area is 87.2 Å². The van der Waals surface area contributed by atoms with Gasteiger partial charge in [0, 0.05) is 13.7 Å². The molecule has 0 aliphatic carbocycles. The Morgan fingerprint density at radius 1 is 1.60 bits per heavy atom. The Morgan fingerprint density at radius 2 is 2.40 bits per heavy atom. The molecule has 1 aromatic rings. The summed E-state index contributed by atoms with van der Waals surface area (Å²) in [6.45, 7) is 3.04. The third-order valence-electron chi connectivity index (χ3n) is 1.54. The van der Waals surface area contributed by atoms with Crippen LogP contribution in [0.25, 0.3) is 0 Å². The molecule has 7 nitrogen and oxygen atoms in total. The number of nitrogens with zero attached hydrogens (tertiary/aromatic N) is 2. The summed E-state index contributed by atoms with van der Waals surface area (Å²) in [5, 5.41) is 8.88. The van der Waals surface area contributed by atoms with Gasteiger partial charge in [0.2, 0.25) is 5.91 Å². The van der Waals surface area contributed by atoms with Gasteiger partial charge in [0.25, 0.3) is 0 Å². The normalized spacial score (nSPS) is 10.3. The van der Waals surface area contributed by atoms with E-state index in [0.29, 0.717) is 19.0 Å². The Kier molecular flexibility index (Phi) is 4.72. The van der Waals surface area contributed by atoms with Crippen molar-refractivity contribution in [3.63, 3.8) is 0 Å². The molecular weight excluding hydrogens is 200 g/mol. The molecular formula is C8H14N4O3. The van der Waals surface area contributed by atoms with Gasteiger partial charge in [-0.15, -0.1) is 0 Å². The number of methoxy groups -OCH3 is 1. The predicted molar refractivity (Wildman–Crippen MR) is 52.4 cm³/mol. The molecule has 0 aliphatic rings. The zero-order valence-corrected chi connectivity index (χ0v) is 8.74. The van der Waals surface area contributed by atoms with Crippen LogP contribution in [0.15, 0.2) is 4.52 Å². The average molecular weight is 214 g/mol. The van der Waals surface area contributed by atoms with E-state index in [9.17, 15) is 4.79 Å². The largest absolute Gasteiger partial charge is 0.383 e. The summed E-state index contributed by atoms with van der Waals surface area (Å²) < 4.78 is 9.53. The average Bonchev–Trinajstić information content (AvgIpc) is 2.59. The third kappa shape index (κ3) is 4.52. The highest BCUT2D eigenvalue weighted by Gasteiger charge is 2.06. The van der Waals surface area contributed by atoms with E-state index >= 15 is 0 Å². The molecule has 0 aliphatic heterocycles. The van der Waals surface area contributed by atoms with Gasteiger partial charge in [-0.25, -0.2) is 0 Å². The first-order chi connectivity index (χ1) is 7.22. The number of rotatable bonds is 6. The summed E-state index contributed by atoms with van der Waals surface area (Å²) in [5.74, 6) is 0.257. The molecule has 1 heterocycles. The molecule has 0 fully saturated rings. The van der Waals surface area contributed by atoms with Crippen LogP contribution < -0.4 is 10.6 Å². The minimum atomic E-state index is -0.227. The number of carbonyl (C=O) groups is 1. The molecule has 7 heteroatoms. The van der Waals surface area contributed by atoms with Crippen molar-refractivity contribution < 1.29 is 14.1 Å². The zero-order valence-electron chi connectivity index (χ0n) is 8.74. The van der Waals surface area contributed by atoms with Crippen molar-refractivity contribution >= 4 is 11.9 Å². The number of nitrogens with one attached hydrogen (secondary N) is 2. The first-order valence-corrected chi connectivity index (χ1v) is 4.52. The molecule has 0 saturated heterocycles. The molecule has 0 bridgehead atoms. The molecule has 1 aromatic heterocycles. The van der Waals surface area contributed by atoms with E-state index in [0.717, 1.165) is 0 Å². The fourth-order valence-corrected chi connectivity index (χ4v) is 0.887. The van der Waals surface area contributed by atoms with Gasteiger partial charge in [-0.05, 0) is 6.92 Å². The number of anilines is 1. The fraction of sp³-hybridized carbons (Fsp3) is 0.625. The van der Waals surface area contributed by atoms with E-state index in [1.54, 1.807) is 14.0 Å². The molecule has 2 N–H and O–H groups in total. The molecule has 0 spiro atoms. The smallest absolute Gasteiger partial charge is 0.328 e. The lowest BCUT2D eigenvalue weighted by Gasteiger charge is -2.02. The van der Waals surface area contributed by atoms with Crippen LogP contribution in [0.2, 0.25) is 0 Å². The lowest BCUT2D eigenvalue weighted by Crippen LogP contribution is -2.30. The maximum absolute atomic E-state index is 11.2. The Bertz CT molecular complexity index is 313. The number of amides is 1. The quantitative estimate of drug-likeness (QED) is 0.623. The van der Waals surface area contributed by atoms with Gasteiger partial charge in [-0.2, -0.15) is 4.98 Å². The van der Waals surface area contributed by atoms with Crippen molar-refractivity contribution in [1.29, 1.82) is 0 Å². The molecule has 84 valence electrons. The summed E-state index contributed by atoms with van der Waals surface area (Å²) in [6.07, 6.45) is 0. The summed E-state index contributed by atoms with van der Waals surface area (Å²) in [6, 6.07) is 0.117. The zero-order chi connectivity index (χ0) is 11.1. The maximum Gasteiger partial charge on any atom is 0.328 e. The van der Waals surface area contributed by atoms with Crippen LogP contribution in [-0.2, 0) is 9.53 Å². The van der Waals surface area contributed by atoms with E-state index in [1.165, 1.54) is 0 Å². The second-order valence-corrected chi connectivity index (χ2v) is 2.86. The molecule has 1 rings (SSSR count). The van der Waals surface area contributed by atoms with Crippen LogP contribution in [0.1, 0.15) is 5.82 Å². The molecule has 0 atom stereocenters. The van der Waals surface area contributed by atoms with Gasteiger partial charge in [-0.1, -0.05) is 5.16 Å². The van der Waals surface area contributed by atoms with Gasteiger partial charge in [0.1, 0.15) is 0 Å². The maximum atomic E-state index is 11.2. The van der Waals surface area contributed by atoms with E-state index < -0.39 is 0 Å². The number of ether oxygens (including phenoxy) is 1. The highest BCUT2D eigenvalue weighted by molar-refractivity contribution is 5.90. The van der Waals surface area contributed by atoms with Crippen molar-refractivity contribution in [2.24, 2.45) is 0 Å². The van der Waals surface area contributed by atoms with Gasteiger partial charge in [0.05, 0.1) is 13.2 Å². The summed E-state index contributed by atoms with van der Waals surface area (Å²) in [4.78, 5) is 15.1.